The minimum atomic E-state index is -1.13. The zero-order chi connectivity index (χ0) is 16.8. The highest BCUT2D eigenvalue weighted by Crippen LogP contribution is 2.18. The summed E-state index contributed by atoms with van der Waals surface area (Å²) in [6.45, 7) is 1.91. The van der Waals surface area contributed by atoms with E-state index in [1.54, 1.807) is 11.3 Å². The first-order valence-corrected chi connectivity index (χ1v) is 7.92. The summed E-state index contributed by atoms with van der Waals surface area (Å²) in [6.07, 6.45) is 1.45. The van der Waals surface area contributed by atoms with Crippen molar-refractivity contribution in [1.82, 2.24) is 10.3 Å². The van der Waals surface area contributed by atoms with Gasteiger partial charge in [-0.25, -0.2) is 13.8 Å². The zero-order valence-corrected chi connectivity index (χ0v) is 13.3. The molecule has 120 valence electrons. The molecule has 1 atom stereocenters. The molecule has 1 unspecified atom stereocenters. The summed E-state index contributed by atoms with van der Waals surface area (Å²) in [5.74, 6) is -1.94. The van der Waals surface area contributed by atoms with E-state index >= 15 is 0 Å². The monoisotopic (exact) mass is 335 g/mol. The number of thiazole rings is 1. The molecule has 7 heteroatoms. The predicted octanol–water partition coefficient (Wildman–Crippen LogP) is 3.43. The van der Waals surface area contributed by atoms with E-state index < -0.39 is 17.7 Å². The van der Waals surface area contributed by atoms with Gasteiger partial charge in [0.1, 0.15) is 17.7 Å². The Balaban J connectivity index is 1.88. The Kier molecular flexibility index (Phi) is 5.77. The molecule has 1 aromatic carbocycles. The maximum atomic E-state index is 13.7. The fourth-order valence-corrected chi connectivity index (χ4v) is 2.75. The smallest absolute Gasteiger partial charge is 0.221 e. The minimum Gasteiger partial charge on any atom is -0.337 e. The summed E-state index contributed by atoms with van der Waals surface area (Å²) in [5, 5.41) is 14.5. The summed E-state index contributed by atoms with van der Waals surface area (Å²) in [4.78, 5) is 16.2. The van der Waals surface area contributed by atoms with Gasteiger partial charge in [0.2, 0.25) is 5.91 Å². The van der Waals surface area contributed by atoms with Gasteiger partial charge in [-0.1, -0.05) is 6.07 Å². The number of nitriles is 1. The van der Waals surface area contributed by atoms with Crippen molar-refractivity contribution in [2.75, 3.05) is 0 Å². The number of carbonyl (C=O) groups is 1. The molecule has 4 nitrogen and oxygen atoms in total. The van der Waals surface area contributed by atoms with Gasteiger partial charge in [0, 0.05) is 23.4 Å². The molecule has 0 saturated carbocycles. The van der Waals surface area contributed by atoms with Gasteiger partial charge in [0.05, 0.1) is 16.8 Å². The van der Waals surface area contributed by atoms with Crippen molar-refractivity contribution in [3.8, 4) is 6.07 Å². The van der Waals surface area contributed by atoms with Crippen LogP contribution in [-0.4, -0.2) is 10.9 Å². The van der Waals surface area contributed by atoms with Crippen LogP contribution in [0, 0.1) is 29.9 Å². The summed E-state index contributed by atoms with van der Waals surface area (Å²) >= 11 is 1.55. The lowest BCUT2D eigenvalue weighted by Gasteiger charge is -2.12. The molecule has 1 amide bonds. The van der Waals surface area contributed by atoms with E-state index in [0.29, 0.717) is 18.9 Å². The number of hydrogen-bond donors (Lipinski definition) is 1. The lowest BCUT2D eigenvalue weighted by molar-refractivity contribution is -0.121. The van der Waals surface area contributed by atoms with Gasteiger partial charge in [-0.3, -0.25) is 4.79 Å². The number of benzene rings is 1. The molecule has 0 aliphatic rings. The largest absolute Gasteiger partial charge is 0.337 e. The Hall–Kier alpha value is -2.33. The number of amides is 1. The number of nitrogens with one attached hydrogen (secondary N) is 1. The maximum Gasteiger partial charge on any atom is 0.221 e. The van der Waals surface area contributed by atoms with Crippen molar-refractivity contribution >= 4 is 17.2 Å². The zero-order valence-electron chi connectivity index (χ0n) is 12.5. The van der Waals surface area contributed by atoms with E-state index in [2.05, 4.69) is 10.3 Å². The van der Waals surface area contributed by atoms with Crippen molar-refractivity contribution in [2.45, 2.75) is 32.2 Å². The van der Waals surface area contributed by atoms with Gasteiger partial charge in [0.25, 0.3) is 0 Å². The van der Waals surface area contributed by atoms with Crippen molar-refractivity contribution in [3.05, 3.63) is 51.5 Å². The molecule has 1 aromatic heterocycles. The number of aryl methyl sites for hydroxylation is 2. The fraction of sp³-hybridized carbons (Fsp3) is 0.312. The highest BCUT2D eigenvalue weighted by Gasteiger charge is 2.18. The molecule has 23 heavy (non-hydrogen) atoms. The lowest BCUT2D eigenvalue weighted by atomic mass is 10.1. The first-order valence-electron chi connectivity index (χ1n) is 7.04. The van der Waals surface area contributed by atoms with E-state index in [1.165, 1.54) is 0 Å². The molecule has 0 aliphatic carbocycles. The molecule has 0 bridgehead atoms. The Morgan fingerprint density at radius 2 is 2.26 bits per heavy atom. The van der Waals surface area contributed by atoms with Gasteiger partial charge in [-0.05, 0) is 25.8 Å². The number of nitrogens with zero attached hydrogens (tertiary/aromatic N) is 2. The molecule has 0 radical (unpaired) electrons. The van der Waals surface area contributed by atoms with Gasteiger partial charge in [0.15, 0.2) is 0 Å². The molecular weight excluding hydrogens is 320 g/mol. The number of aromatic nitrogens is 1. The molecule has 0 fully saturated rings. The average Bonchev–Trinajstić information content (AvgIpc) is 2.91. The molecular formula is C16H15F2N3OS. The van der Waals surface area contributed by atoms with E-state index in [1.807, 2.05) is 18.4 Å². The predicted molar refractivity (Wildman–Crippen MR) is 82.6 cm³/mol. The number of halogens is 2. The van der Waals surface area contributed by atoms with E-state index in [4.69, 9.17) is 5.26 Å². The van der Waals surface area contributed by atoms with E-state index in [-0.39, 0.29) is 17.9 Å². The van der Waals surface area contributed by atoms with Crippen LogP contribution in [0.25, 0.3) is 0 Å². The quantitative estimate of drug-likeness (QED) is 0.879. The van der Waals surface area contributed by atoms with Gasteiger partial charge in [-0.15, -0.1) is 11.3 Å². The second-order valence-electron chi connectivity index (χ2n) is 5.01. The third kappa shape index (κ3) is 4.83. The van der Waals surface area contributed by atoms with E-state index in [9.17, 15) is 13.6 Å². The molecule has 0 saturated heterocycles. The van der Waals surface area contributed by atoms with Crippen LogP contribution in [-0.2, 0) is 11.2 Å². The highest BCUT2D eigenvalue weighted by atomic mass is 32.1. The number of carbonyl (C=O) groups excluding carboxylic acids is 1. The van der Waals surface area contributed by atoms with Crippen LogP contribution in [0.5, 0.6) is 0 Å². The first-order chi connectivity index (χ1) is 11.0. The average molecular weight is 335 g/mol. The van der Waals surface area contributed by atoms with Crippen LogP contribution in [0.4, 0.5) is 8.78 Å². The van der Waals surface area contributed by atoms with Crippen LogP contribution in [0.15, 0.2) is 23.6 Å². The van der Waals surface area contributed by atoms with Crippen LogP contribution in [0.3, 0.4) is 0 Å². The van der Waals surface area contributed by atoms with Crippen LogP contribution in [0.1, 0.15) is 35.1 Å². The summed E-state index contributed by atoms with van der Waals surface area (Å²) in [5.41, 5.74) is 0.888. The normalized spacial score (nSPS) is 11.7. The van der Waals surface area contributed by atoms with Gasteiger partial charge in [-0.2, -0.15) is 5.26 Å². The Morgan fingerprint density at radius 3 is 2.87 bits per heavy atom. The van der Waals surface area contributed by atoms with Crippen molar-refractivity contribution in [2.24, 2.45) is 0 Å². The molecule has 0 spiro atoms. The van der Waals surface area contributed by atoms with Gasteiger partial charge < -0.3 is 5.32 Å². The van der Waals surface area contributed by atoms with Crippen LogP contribution >= 0.6 is 11.3 Å². The van der Waals surface area contributed by atoms with Crippen LogP contribution in [0.2, 0.25) is 0 Å². The topological polar surface area (TPSA) is 65.8 Å². The SMILES string of the molecule is Cc1nc(CCCC(=O)NC(C#N)c2ccc(F)cc2F)cs1. The minimum absolute atomic E-state index is 0.0441. The first kappa shape index (κ1) is 17.0. The molecule has 2 aromatic rings. The Bertz CT molecular complexity index is 739. The van der Waals surface area contributed by atoms with Crippen molar-refractivity contribution < 1.29 is 13.6 Å². The third-order valence-electron chi connectivity index (χ3n) is 3.21. The maximum absolute atomic E-state index is 13.7. The standard InChI is InChI=1S/C16H15F2N3OS/c1-10-20-12(9-23-10)3-2-4-16(22)21-15(8-19)13-6-5-11(17)7-14(13)18/h5-7,9,15H,2-4H2,1H3,(H,21,22). The second-order valence-corrected chi connectivity index (χ2v) is 6.07. The second kappa shape index (κ2) is 7.79. The molecule has 1 N–H and O–H groups in total. The fourth-order valence-electron chi connectivity index (χ4n) is 2.10. The van der Waals surface area contributed by atoms with Crippen LogP contribution < -0.4 is 5.32 Å². The molecule has 1 heterocycles. The number of hydrogen-bond acceptors (Lipinski definition) is 4. The number of rotatable bonds is 6. The third-order valence-corrected chi connectivity index (χ3v) is 4.03. The Morgan fingerprint density at radius 1 is 1.48 bits per heavy atom. The van der Waals surface area contributed by atoms with Crippen molar-refractivity contribution in [1.29, 1.82) is 5.26 Å². The van der Waals surface area contributed by atoms with Crippen molar-refractivity contribution in [3.63, 3.8) is 0 Å². The summed E-state index contributed by atoms with van der Waals surface area (Å²) in [6, 6.07) is 3.59. The lowest BCUT2D eigenvalue weighted by Crippen LogP contribution is -2.28. The Labute approximate surface area is 136 Å². The van der Waals surface area contributed by atoms with E-state index in [0.717, 1.165) is 22.8 Å². The summed E-state index contributed by atoms with van der Waals surface area (Å²) < 4.78 is 26.6. The summed E-state index contributed by atoms with van der Waals surface area (Å²) in [7, 11) is 0. The molecule has 0 aliphatic heterocycles. The van der Waals surface area contributed by atoms with Gasteiger partial charge >= 0.3 is 0 Å². The highest BCUT2D eigenvalue weighted by molar-refractivity contribution is 7.09. The molecule has 2 rings (SSSR count).